The van der Waals surface area contributed by atoms with Crippen molar-refractivity contribution in [1.82, 2.24) is 25.1 Å². The van der Waals surface area contributed by atoms with Crippen molar-refractivity contribution in [3.05, 3.63) is 96.7 Å². The number of hydrogen-bond donors (Lipinski definition) is 4. The van der Waals surface area contributed by atoms with E-state index in [2.05, 4.69) is 70.6 Å². The smallest absolute Gasteiger partial charge is 0.325 e. The van der Waals surface area contributed by atoms with Gasteiger partial charge in [-0.2, -0.15) is 0 Å². The van der Waals surface area contributed by atoms with Crippen LogP contribution in [0.5, 0.6) is 0 Å². The van der Waals surface area contributed by atoms with Crippen LogP contribution in [0.3, 0.4) is 0 Å². The average molecular weight is 527 g/mol. The second-order valence-electron chi connectivity index (χ2n) is 8.26. The number of amides is 2. The molecule has 0 spiro atoms. The molecule has 4 N–H and O–H groups in total. The third-order valence-electron chi connectivity index (χ3n) is 5.68. The molecule has 34 heavy (non-hydrogen) atoms. The lowest BCUT2D eigenvalue weighted by atomic mass is 10.1. The van der Waals surface area contributed by atoms with E-state index in [0.29, 0.717) is 11.4 Å². The fourth-order valence-corrected chi connectivity index (χ4v) is 4.31. The number of H-pyrrole nitrogens is 2. The first-order chi connectivity index (χ1) is 16.4. The quantitative estimate of drug-likeness (QED) is 0.377. The highest BCUT2D eigenvalue weighted by Gasteiger charge is 2.18. The molecule has 2 amide bonds. The lowest BCUT2D eigenvalue weighted by molar-refractivity contribution is 0.122. The zero-order valence-electron chi connectivity index (χ0n) is 18.6. The number of halogens is 1. The second kappa shape index (κ2) is 11.3. The van der Waals surface area contributed by atoms with Crippen molar-refractivity contribution in [3.63, 3.8) is 0 Å². The van der Waals surface area contributed by atoms with Crippen LogP contribution in [0, 0.1) is 0 Å². The summed E-state index contributed by atoms with van der Waals surface area (Å²) in [5.74, 6) is 0. The Morgan fingerprint density at radius 3 is 2.32 bits per heavy atom. The van der Waals surface area contributed by atoms with Crippen LogP contribution in [-0.2, 0) is 19.6 Å². The summed E-state index contributed by atoms with van der Waals surface area (Å²) in [6, 6.07) is 17.2. The fraction of sp³-hybridized carbons (Fsp3) is 0.292. The van der Waals surface area contributed by atoms with Crippen LogP contribution in [0.1, 0.15) is 16.8 Å². The number of piperazine rings is 1. The number of carbonyl (C=O) groups excluding carboxylic acids is 1. The molecule has 0 unspecified atom stereocenters. The summed E-state index contributed by atoms with van der Waals surface area (Å²) < 4.78 is 0.859. The minimum absolute atomic E-state index is 0.0255. The highest BCUT2D eigenvalue weighted by Crippen LogP contribution is 2.23. The molecular formula is C24H27BrN6O3. The van der Waals surface area contributed by atoms with Gasteiger partial charge in [0.15, 0.2) is 0 Å². The van der Waals surface area contributed by atoms with Gasteiger partial charge in [-0.1, -0.05) is 52.3 Å². The van der Waals surface area contributed by atoms with Crippen molar-refractivity contribution in [1.29, 1.82) is 0 Å². The maximum absolute atomic E-state index is 12.5. The van der Waals surface area contributed by atoms with E-state index in [0.717, 1.165) is 49.3 Å². The molecule has 1 aliphatic rings. The molecule has 10 heteroatoms. The second-order valence-corrected chi connectivity index (χ2v) is 9.18. The number of nitrogens with one attached hydrogen (secondary N) is 4. The maximum Gasteiger partial charge on any atom is 0.325 e. The number of urea groups is 1. The van der Waals surface area contributed by atoms with Gasteiger partial charge in [0.05, 0.1) is 6.54 Å². The Labute approximate surface area is 205 Å². The number of rotatable bonds is 7. The average Bonchev–Trinajstić information content (AvgIpc) is 2.81. The van der Waals surface area contributed by atoms with Crippen molar-refractivity contribution < 1.29 is 4.79 Å². The van der Waals surface area contributed by atoms with Crippen LogP contribution < -0.4 is 21.9 Å². The summed E-state index contributed by atoms with van der Waals surface area (Å²) >= 11 is 3.47. The lowest BCUT2D eigenvalue weighted by Crippen LogP contribution is -2.45. The van der Waals surface area contributed by atoms with Gasteiger partial charge >= 0.3 is 11.7 Å². The molecule has 2 aromatic carbocycles. The number of anilines is 1. The molecule has 1 saturated heterocycles. The molecule has 0 radical (unpaired) electrons. The summed E-state index contributed by atoms with van der Waals surface area (Å²) in [5, 5.41) is 5.56. The molecule has 0 saturated carbocycles. The molecule has 2 heterocycles. The largest absolute Gasteiger partial charge is 0.332 e. The van der Waals surface area contributed by atoms with E-state index in [1.165, 1.54) is 11.6 Å². The first-order valence-electron chi connectivity index (χ1n) is 11.1. The third kappa shape index (κ3) is 6.89. The summed E-state index contributed by atoms with van der Waals surface area (Å²) in [7, 11) is 0. The van der Waals surface area contributed by atoms with Gasteiger partial charge in [0, 0.05) is 61.2 Å². The molecule has 3 aromatic rings. The van der Waals surface area contributed by atoms with Crippen molar-refractivity contribution in [3.8, 4) is 0 Å². The maximum atomic E-state index is 12.5. The Morgan fingerprint density at radius 2 is 1.62 bits per heavy atom. The van der Waals surface area contributed by atoms with E-state index in [-0.39, 0.29) is 6.54 Å². The van der Waals surface area contributed by atoms with Crippen molar-refractivity contribution in [2.45, 2.75) is 19.6 Å². The Hall–Kier alpha value is -3.21. The Balaban J connectivity index is 1.32. The van der Waals surface area contributed by atoms with Crippen LogP contribution in [0.2, 0.25) is 0 Å². The molecule has 9 nitrogen and oxygen atoms in total. The first kappa shape index (κ1) is 23.9. The highest BCUT2D eigenvalue weighted by molar-refractivity contribution is 9.10. The summed E-state index contributed by atoms with van der Waals surface area (Å²) in [6.07, 6.45) is 0. The highest BCUT2D eigenvalue weighted by atomic mass is 79.9. The number of nitrogens with zero attached hydrogens (tertiary/aromatic N) is 2. The minimum atomic E-state index is -0.608. The molecule has 0 aliphatic carbocycles. The summed E-state index contributed by atoms with van der Waals surface area (Å²) in [5.41, 5.74) is 2.25. The SMILES string of the molecule is O=C(NCc1cc(=O)[nH]c(=O)[nH]1)Nc1cc(Br)ccc1CN1CCN(Cc2ccccc2)CC1. The van der Waals surface area contributed by atoms with E-state index in [1.54, 1.807) is 0 Å². The predicted octanol–water partition coefficient (Wildman–Crippen LogP) is 2.47. The van der Waals surface area contributed by atoms with Crippen LogP contribution in [0.25, 0.3) is 0 Å². The topological polar surface area (TPSA) is 113 Å². The van der Waals surface area contributed by atoms with E-state index in [4.69, 9.17) is 0 Å². The van der Waals surface area contributed by atoms with Gasteiger partial charge < -0.3 is 15.6 Å². The van der Waals surface area contributed by atoms with Crippen LogP contribution in [0.4, 0.5) is 10.5 Å². The van der Waals surface area contributed by atoms with Gasteiger partial charge in [0.2, 0.25) is 0 Å². The minimum Gasteiger partial charge on any atom is -0.332 e. The Kier molecular flexibility index (Phi) is 7.94. The third-order valence-corrected chi connectivity index (χ3v) is 6.18. The number of benzene rings is 2. The van der Waals surface area contributed by atoms with Crippen molar-refractivity contribution in [2.24, 2.45) is 0 Å². The number of aromatic nitrogens is 2. The van der Waals surface area contributed by atoms with E-state index in [9.17, 15) is 14.4 Å². The molecule has 1 fully saturated rings. The number of carbonyl (C=O) groups is 1. The first-order valence-corrected chi connectivity index (χ1v) is 11.9. The molecule has 0 bridgehead atoms. The number of hydrogen-bond acceptors (Lipinski definition) is 5. The molecule has 4 rings (SSSR count). The van der Waals surface area contributed by atoms with E-state index < -0.39 is 17.3 Å². The summed E-state index contributed by atoms with van der Waals surface area (Å²) in [6.45, 7) is 5.58. The zero-order chi connectivity index (χ0) is 23.9. The van der Waals surface area contributed by atoms with Crippen LogP contribution in [0.15, 0.2) is 68.7 Å². The van der Waals surface area contributed by atoms with Crippen molar-refractivity contribution in [2.75, 3.05) is 31.5 Å². The zero-order valence-corrected chi connectivity index (χ0v) is 20.2. The van der Waals surface area contributed by atoms with Crippen LogP contribution >= 0.6 is 15.9 Å². The van der Waals surface area contributed by atoms with E-state index >= 15 is 0 Å². The molecule has 0 atom stereocenters. The lowest BCUT2D eigenvalue weighted by Gasteiger charge is -2.35. The van der Waals surface area contributed by atoms with Gasteiger partial charge in [-0.15, -0.1) is 0 Å². The van der Waals surface area contributed by atoms with E-state index in [1.807, 2.05) is 24.3 Å². The van der Waals surface area contributed by atoms with Gasteiger partial charge in [-0.3, -0.25) is 19.6 Å². The van der Waals surface area contributed by atoms with Crippen molar-refractivity contribution >= 4 is 27.6 Å². The number of aromatic amines is 2. The standard InChI is InChI=1S/C24H27BrN6O3/c25-19-7-6-18(16-31-10-8-30(9-11-31)15-17-4-2-1-3-5-17)21(12-19)28-23(33)26-14-20-13-22(32)29-24(34)27-20/h1-7,12-13H,8-11,14-16H2,(H2,26,28,33)(H2,27,29,32,34). The fourth-order valence-electron chi connectivity index (χ4n) is 3.95. The molecule has 178 valence electrons. The van der Waals surface area contributed by atoms with Gasteiger partial charge in [0.1, 0.15) is 0 Å². The molecule has 1 aliphatic heterocycles. The monoisotopic (exact) mass is 526 g/mol. The Morgan fingerprint density at radius 1 is 0.912 bits per heavy atom. The van der Waals surface area contributed by atoms with Crippen LogP contribution in [-0.4, -0.2) is 52.0 Å². The molecular weight excluding hydrogens is 500 g/mol. The van der Waals surface area contributed by atoms with Gasteiger partial charge in [0.25, 0.3) is 5.56 Å². The predicted molar refractivity (Wildman–Crippen MR) is 135 cm³/mol. The molecule has 1 aromatic heterocycles. The van der Waals surface area contributed by atoms with Gasteiger partial charge in [-0.25, -0.2) is 9.59 Å². The summed E-state index contributed by atoms with van der Waals surface area (Å²) in [4.78, 5) is 44.7. The van der Waals surface area contributed by atoms with Gasteiger partial charge in [-0.05, 0) is 23.3 Å². The Bertz CT molecular complexity index is 1210. The normalized spacial score (nSPS) is 14.6.